The SMILES string of the molecule is CNCCN1CCC(N2CCc3cncc4cccc2c34)C1. The van der Waals surface area contributed by atoms with Crippen LogP contribution in [0.3, 0.4) is 0 Å². The second kappa shape index (κ2) is 5.86. The molecule has 2 aliphatic rings. The highest BCUT2D eigenvalue weighted by molar-refractivity contribution is 5.97. The van der Waals surface area contributed by atoms with Crippen LogP contribution in [0.4, 0.5) is 5.69 Å². The molecule has 1 saturated heterocycles. The van der Waals surface area contributed by atoms with Gasteiger partial charge in [-0.1, -0.05) is 12.1 Å². The molecule has 0 spiro atoms. The molecule has 116 valence electrons. The molecule has 4 nitrogen and oxygen atoms in total. The first-order chi connectivity index (χ1) is 10.9. The Bertz CT molecular complexity index is 664. The van der Waals surface area contributed by atoms with E-state index in [-0.39, 0.29) is 0 Å². The van der Waals surface area contributed by atoms with E-state index in [1.807, 2.05) is 13.2 Å². The molecule has 1 aromatic carbocycles. The van der Waals surface area contributed by atoms with Crippen LogP contribution in [0, 0.1) is 0 Å². The van der Waals surface area contributed by atoms with E-state index in [4.69, 9.17) is 0 Å². The van der Waals surface area contributed by atoms with Crippen LogP contribution in [-0.2, 0) is 6.42 Å². The lowest BCUT2D eigenvalue weighted by molar-refractivity contribution is 0.333. The summed E-state index contributed by atoms with van der Waals surface area (Å²) in [5.74, 6) is 0. The Morgan fingerprint density at radius 2 is 2.23 bits per heavy atom. The second-order valence-electron chi connectivity index (χ2n) is 6.46. The lowest BCUT2D eigenvalue weighted by atomic mass is 9.97. The fraction of sp³-hybridized carbons (Fsp3) is 0.500. The van der Waals surface area contributed by atoms with Crippen LogP contribution in [-0.4, -0.2) is 55.7 Å². The molecule has 2 aliphatic heterocycles. The Morgan fingerprint density at radius 1 is 1.27 bits per heavy atom. The van der Waals surface area contributed by atoms with E-state index >= 15 is 0 Å². The van der Waals surface area contributed by atoms with E-state index in [0.717, 1.165) is 26.1 Å². The number of benzene rings is 1. The van der Waals surface area contributed by atoms with Crippen molar-refractivity contribution in [2.24, 2.45) is 0 Å². The third-order valence-electron chi connectivity index (χ3n) is 5.14. The molecular formula is C18H24N4. The van der Waals surface area contributed by atoms with Crippen molar-refractivity contribution in [3.05, 3.63) is 36.2 Å². The quantitative estimate of drug-likeness (QED) is 0.933. The topological polar surface area (TPSA) is 31.4 Å². The van der Waals surface area contributed by atoms with Crippen molar-refractivity contribution in [1.82, 2.24) is 15.2 Å². The van der Waals surface area contributed by atoms with Crippen molar-refractivity contribution in [2.45, 2.75) is 18.9 Å². The summed E-state index contributed by atoms with van der Waals surface area (Å²) in [7, 11) is 2.03. The van der Waals surface area contributed by atoms with Crippen LogP contribution >= 0.6 is 0 Å². The summed E-state index contributed by atoms with van der Waals surface area (Å²) in [4.78, 5) is 9.63. The zero-order valence-corrected chi connectivity index (χ0v) is 13.3. The molecular weight excluding hydrogens is 272 g/mol. The van der Waals surface area contributed by atoms with Gasteiger partial charge in [0.05, 0.1) is 0 Å². The van der Waals surface area contributed by atoms with E-state index in [1.54, 1.807) is 0 Å². The van der Waals surface area contributed by atoms with Gasteiger partial charge in [-0.3, -0.25) is 9.88 Å². The number of anilines is 1. The summed E-state index contributed by atoms with van der Waals surface area (Å²) in [5.41, 5.74) is 2.83. The van der Waals surface area contributed by atoms with Crippen molar-refractivity contribution in [1.29, 1.82) is 0 Å². The summed E-state index contributed by atoms with van der Waals surface area (Å²) < 4.78 is 0. The molecule has 0 radical (unpaired) electrons. The number of aromatic nitrogens is 1. The first-order valence-electron chi connectivity index (χ1n) is 8.36. The summed E-state index contributed by atoms with van der Waals surface area (Å²) in [6.45, 7) is 5.78. The first kappa shape index (κ1) is 14.0. The van der Waals surface area contributed by atoms with Gasteiger partial charge >= 0.3 is 0 Å². The second-order valence-corrected chi connectivity index (χ2v) is 6.46. The van der Waals surface area contributed by atoms with Gasteiger partial charge in [0.1, 0.15) is 0 Å². The molecule has 0 amide bonds. The lowest BCUT2D eigenvalue weighted by Gasteiger charge is -2.36. The van der Waals surface area contributed by atoms with Gasteiger partial charge in [0.15, 0.2) is 0 Å². The molecule has 1 aromatic heterocycles. The molecule has 22 heavy (non-hydrogen) atoms. The number of nitrogens with one attached hydrogen (secondary N) is 1. The maximum atomic E-state index is 4.39. The zero-order valence-electron chi connectivity index (χ0n) is 13.3. The fourth-order valence-electron chi connectivity index (χ4n) is 4.00. The zero-order chi connectivity index (χ0) is 14.9. The third kappa shape index (κ3) is 2.36. The van der Waals surface area contributed by atoms with Gasteiger partial charge in [-0.2, -0.15) is 0 Å². The molecule has 2 aromatic rings. The monoisotopic (exact) mass is 296 g/mol. The summed E-state index contributed by atoms with van der Waals surface area (Å²) in [6.07, 6.45) is 6.45. The van der Waals surface area contributed by atoms with Crippen LogP contribution < -0.4 is 10.2 Å². The third-order valence-corrected chi connectivity index (χ3v) is 5.14. The lowest BCUT2D eigenvalue weighted by Crippen LogP contribution is -2.41. The van der Waals surface area contributed by atoms with E-state index < -0.39 is 0 Å². The Labute approximate surface area is 132 Å². The van der Waals surface area contributed by atoms with Gasteiger partial charge < -0.3 is 10.2 Å². The smallest absolute Gasteiger partial charge is 0.0452 e. The number of likely N-dealkylation sites (N-methyl/N-ethyl adjacent to an activating group) is 1. The number of nitrogens with zero attached hydrogens (tertiary/aromatic N) is 3. The van der Waals surface area contributed by atoms with Gasteiger partial charge in [-0.25, -0.2) is 0 Å². The number of rotatable bonds is 4. The number of hydrogen-bond donors (Lipinski definition) is 1. The van der Waals surface area contributed by atoms with E-state index in [0.29, 0.717) is 6.04 Å². The van der Waals surface area contributed by atoms with Gasteiger partial charge in [0.2, 0.25) is 0 Å². The molecule has 3 heterocycles. The molecule has 1 atom stereocenters. The Morgan fingerprint density at radius 3 is 3.14 bits per heavy atom. The van der Waals surface area contributed by atoms with Crippen LogP contribution in [0.5, 0.6) is 0 Å². The predicted molar refractivity (Wildman–Crippen MR) is 91.6 cm³/mol. The van der Waals surface area contributed by atoms with Gasteiger partial charge in [-0.05, 0) is 31.5 Å². The standard InChI is InChI=1S/C18H24N4/c1-19-7-10-21-8-6-16(13-21)22-9-5-15-12-20-11-14-3-2-4-17(22)18(14)15/h2-4,11-12,16,19H,5-10,13H2,1H3. The van der Waals surface area contributed by atoms with Crippen molar-refractivity contribution in [2.75, 3.05) is 44.7 Å². The predicted octanol–water partition coefficient (Wildman–Crippen LogP) is 1.89. The van der Waals surface area contributed by atoms with E-state index in [1.165, 1.54) is 41.5 Å². The van der Waals surface area contributed by atoms with Crippen LogP contribution in [0.2, 0.25) is 0 Å². The maximum Gasteiger partial charge on any atom is 0.0452 e. The van der Waals surface area contributed by atoms with E-state index in [2.05, 4.69) is 44.5 Å². The highest BCUT2D eigenvalue weighted by Gasteiger charge is 2.30. The van der Waals surface area contributed by atoms with Crippen LogP contribution in [0.15, 0.2) is 30.6 Å². The van der Waals surface area contributed by atoms with Crippen molar-refractivity contribution in [3.8, 4) is 0 Å². The molecule has 0 bridgehead atoms. The van der Waals surface area contributed by atoms with Crippen LogP contribution in [0.1, 0.15) is 12.0 Å². The van der Waals surface area contributed by atoms with Crippen molar-refractivity contribution < 1.29 is 0 Å². The van der Waals surface area contributed by atoms with Crippen LogP contribution in [0.25, 0.3) is 10.8 Å². The summed E-state index contributed by atoms with van der Waals surface area (Å²) in [6, 6.07) is 7.31. The van der Waals surface area contributed by atoms with Crippen molar-refractivity contribution in [3.63, 3.8) is 0 Å². The molecule has 0 aliphatic carbocycles. The first-order valence-corrected chi connectivity index (χ1v) is 8.36. The molecule has 1 fully saturated rings. The highest BCUT2D eigenvalue weighted by atomic mass is 15.3. The minimum atomic E-state index is 0.656. The summed E-state index contributed by atoms with van der Waals surface area (Å²) in [5, 5.41) is 5.97. The largest absolute Gasteiger partial charge is 0.366 e. The Hall–Kier alpha value is -1.65. The summed E-state index contributed by atoms with van der Waals surface area (Å²) >= 11 is 0. The van der Waals surface area contributed by atoms with Crippen molar-refractivity contribution >= 4 is 16.5 Å². The minimum absolute atomic E-state index is 0.656. The van der Waals surface area contributed by atoms with Gasteiger partial charge in [0, 0.05) is 67.6 Å². The number of hydrogen-bond acceptors (Lipinski definition) is 4. The molecule has 1 N–H and O–H groups in total. The van der Waals surface area contributed by atoms with E-state index in [9.17, 15) is 0 Å². The maximum absolute atomic E-state index is 4.39. The average molecular weight is 296 g/mol. The Kier molecular flexibility index (Phi) is 3.72. The van der Waals surface area contributed by atoms with Gasteiger partial charge in [0.25, 0.3) is 0 Å². The Balaban J connectivity index is 1.61. The van der Waals surface area contributed by atoms with Gasteiger partial charge in [-0.15, -0.1) is 0 Å². The molecule has 4 rings (SSSR count). The number of likely N-dealkylation sites (tertiary alicyclic amines) is 1. The number of pyridine rings is 1. The normalized spacial score (nSPS) is 21.7. The molecule has 0 saturated carbocycles. The fourth-order valence-corrected chi connectivity index (χ4v) is 4.00. The average Bonchev–Trinajstić information content (AvgIpc) is 3.02. The highest BCUT2D eigenvalue weighted by Crippen LogP contribution is 2.36. The minimum Gasteiger partial charge on any atom is -0.366 e. The molecule has 1 unspecified atom stereocenters. The molecule has 4 heteroatoms.